The lowest BCUT2D eigenvalue weighted by molar-refractivity contribution is -0.168. The Morgan fingerprint density at radius 3 is 2.44 bits per heavy atom. The number of hydrazine groups is 1. The summed E-state index contributed by atoms with van der Waals surface area (Å²) in [6, 6.07) is 3.73. The fourth-order valence-corrected chi connectivity index (χ4v) is 4.48. The molecule has 1 N–H and O–H groups in total. The van der Waals surface area contributed by atoms with E-state index in [1.54, 1.807) is 33.8 Å². The minimum absolute atomic E-state index is 0.0283. The van der Waals surface area contributed by atoms with Gasteiger partial charge in [-0.05, 0) is 59.6 Å². The molecule has 2 fully saturated rings. The monoisotopic (exact) mass is 501 g/mol. The minimum Gasteiger partial charge on any atom is -0.466 e. The predicted octanol–water partition coefficient (Wildman–Crippen LogP) is 2.51. The predicted molar refractivity (Wildman–Crippen MR) is 130 cm³/mol. The first kappa shape index (κ1) is 27.3. The summed E-state index contributed by atoms with van der Waals surface area (Å²) in [6.45, 7) is 7.79. The van der Waals surface area contributed by atoms with Gasteiger partial charge in [-0.3, -0.25) is 24.2 Å². The van der Waals surface area contributed by atoms with Crippen molar-refractivity contribution in [2.24, 2.45) is 0 Å². The van der Waals surface area contributed by atoms with Gasteiger partial charge in [0.05, 0.1) is 36.2 Å². The first-order valence-corrected chi connectivity index (χ1v) is 12.3. The molecule has 0 spiro atoms. The zero-order valence-corrected chi connectivity index (χ0v) is 21.6. The zero-order valence-electron chi connectivity index (χ0n) is 21.6. The number of ether oxygens (including phenoxy) is 2. The number of rotatable bonds is 9. The number of Topliss-reactive ketones (excluding diaryl/α,β-unsaturated/α-hetero) is 1. The van der Waals surface area contributed by atoms with E-state index in [0.717, 1.165) is 11.4 Å². The van der Waals surface area contributed by atoms with E-state index < -0.39 is 23.5 Å². The van der Waals surface area contributed by atoms with Gasteiger partial charge in [0.25, 0.3) is 5.91 Å². The molecule has 1 aromatic rings. The third kappa shape index (κ3) is 6.10. The van der Waals surface area contributed by atoms with Crippen LogP contribution in [0.5, 0.6) is 0 Å². The van der Waals surface area contributed by atoms with Crippen LogP contribution < -0.4 is 5.32 Å². The molecule has 0 bridgehead atoms. The van der Waals surface area contributed by atoms with Crippen LogP contribution in [0.15, 0.2) is 18.2 Å². The highest BCUT2D eigenvalue weighted by molar-refractivity contribution is 6.14. The van der Waals surface area contributed by atoms with E-state index >= 15 is 0 Å². The third-order valence-electron chi connectivity index (χ3n) is 6.16. The van der Waals surface area contributed by atoms with E-state index in [1.165, 1.54) is 24.2 Å². The van der Waals surface area contributed by atoms with Gasteiger partial charge in [0.1, 0.15) is 5.60 Å². The van der Waals surface area contributed by atoms with Gasteiger partial charge >= 0.3 is 11.9 Å². The standard InChI is InChI=1S/C26H35N3O7/c1-6-35-21(31)13-12-16-15-20(30)29(16)28(5)24(33)18-10-7-9-17(23(32)19-11-8-14-27-19)22(18)25(34)36-26(2,3)4/h7,9-10,16,19,27H,6,8,11-15H2,1-5H3/t16-,19?/m0/s1. The highest BCUT2D eigenvalue weighted by Crippen LogP contribution is 2.29. The van der Waals surface area contributed by atoms with Crippen molar-refractivity contribution in [1.29, 1.82) is 0 Å². The number of nitrogens with one attached hydrogen (secondary N) is 1. The molecule has 3 rings (SSSR count). The molecule has 2 atom stereocenters. The molecule has 0 radical (unpaired) electrons. The lowest BCUT2D eigenvalue weighted by Gasteiger charge is -2.45. The van der Waals surface area contributed by atoms with Crippen LogP contribution in [0.3, 0.4) is 0 Å². The molecule has 196 valence electrons. The molecule has 2 amide bonds. The van der Waals surface area contributed by atoms with Crippen molar-refractivity contribution in [1.82, 2.24) is 15.3 Å². The molecule has 36 heavy (non-hydrogen) atoms. The van der Waals surface area contributed by atoms with Gasteiger partial charge in [-0.15, -0.1) is 0 Å². The first-order chi connectivity index (χ1) is 16.9. The van der Waals surface area contributed by atoms with E-state index in [-0.39, 0.29) is 59.8 Å². The minimum atomic E-state index is -0.850. The number of β-lactam (4-membered cyclic amide) rings is 1. The molecule has 0 aliphatic carbocycles. The summed E-state index contributed by atoms with van der Waals surface area (Å²) in [4.78, 5) is 64.3. The smallest absolute Gasteiger partial charge is 0.340 e. The topological polar surface area (TPSA) is 122 Å². The molecular formula is C26H35N3O7. The normalized spacial score (nSPS) is 19.5. The summed E-state index contributed by atoms with van der Waals surface area (Å²) in [7, 11) is 1.43. The van der Waals surface area contributed by atoms with Crippen LogP contribution >= 0.6 is 0 Å². The molecule has 0 aromatic heterocycles. The van der Waals surface area contributed by atoms with Crippen molar-refractivity contribution in [2.75, 3.05) is 20.2 Å². The molecule has 1 unspecified atom stereocenters. The molecule has 10 heteroatoms. The zero-order chi connectivity index (χ0) is 26.6. The Bertz CT molecular complexity index is 1040. The average molecular weight is 502 g/mol. The Kier molecular flexibility index (Phi) is 8.50. The maximum atomic E-state index is 13.6. The van der Waals surface area contributed by atoms with Crippen molar-refractivity contribution >= 4 is 29.5 Å². The maximum absolute atomic E-state index is 13.6. The van der Waals surface area contributed by atoms with Gasteiger partial charge in [-0.2, -0.15) is 0 Å². The van der Waals surface area contributed by atoms with Crippen LogP contribution in [0.25, 0.3) is 0 Å². The fraction of sp³-hybridized carbons (Fsp3) is 0.577. The van der Waals surface area contributed by atoms with Crippen LogP contribution in [-0.2, 0) is 19.1 Å². The molecule has 10 nitrogen and oxygen atoms in total. The van der Waals surface area contributed by atoms with E-state index in [2.05, 4.69) is 5.32 Å². The van der Waals surface area contributed by atoms with E-state index in [9.17, 15) is 24.0 Å². The number of carbonyl (C=O) groups is 5. The first-order valence-electron chi connectivity index (χ1n) is 12.3. The molecule has 2 saturated heterocycles. The van der Waals surface area contributed by atoms with Gasteiger partial charge in [0, 0.05) is 19.0 Å². The van der Waals surface area contributed by atoms with Gasteiger partial charge in [0.15, 0.2) is 5.78 Å². The Morgan fingerprint density at radius 2 is 1.86 bits per heavy atom. The van der Waals surface area contributed by atoms with Crippen LogP contribution in [0.2, 0.25) is 0 Å². The molecule has 2 heterocycles. The molecule has 2 aliphatic heterocycles. The number of hydrogen-bond donors (Lipinski definition) is 1. The number of carbonyl (C=O) groups excluding carboxylic acids is 5. The van der Waals surface area contributed by atoms with Crippen LogP contribution in [0.1, 0.15) is 90.9 Å². The fourth-order valence-electron chi connectivity index (χ4n) is 4.48. The lowest BCUT2D eigenvalue weighted by atomic mass is 9.93. The summed E-state index contributed by atoms with van der Waals surface area (Å²) < 4.78 is 10.5. The SMILES string of the molecule is CCOC(=O)CC[C@H]1CC(=O)N1N(C)C(=O)c1cccc(C(=O)C2CCCN2)c1C(=O)OC(C)(C)C. The number of benzene rings is 1. The van der Waals surface area contributed by atoms with Crippen molar-refractivity contribution in [3.05, 3.63) is 34.9 Å². The van der Waals surface area contributed by atoms with Crippen LogP contribution in [0.4, 0.5) is 0 Å². The Morgan fingerprint density at radius 1 is 1.17 bits per heavy atom. The summed E-state index contributed by atoms with van der Waals surface area (Å²) in [5.41, 5.74) is -0.883. The highest BCUT2D eigenvalue weighted by Gasteiger charge is 2.42. The Hall–Kier alpha value is -3.27. The van der Waals surface area contributed by atoms with Gasteiger partial charge in [-0.1, -0.05) is 12.1 Å². The number of amides is 2. The number of nitrogens with zero attached hydrogens (tertiary/aromatic N) is 2. The summed E-state index contributed by atoms with van der Waals surface area (Å²) in [5.74, 6) is -2.34. The lowest BCUT2D eigenvalue weighted by Crippen LogP contribution is -2.61. The highest BCUT2D eigenvalue weighted by atomic mass is 16.6. The van der Waals surface area contributed by atoms with Crippen LogP contribution in [-0.4, -0.2) is 77.4 Å². The van der Waals surface area contributed by atoms with Gasteiger partial charge in [-0.25, -0.2) is 9.80 Å². The van der Waals surface area contributed by atoms with Crippen LogP contribution in [0, 0.1) is 0 Å². The molecular weight excluding hydrogens is 466 g/mol. The molecule has 2 aliphatic rings. The second-order valence-corrected chi connectivity index (χ2v) is 10.0. The second kappa shape index (κ2) is 11.2. The maximum Gasteiger partial charge on any atom is 0.340 e. The van der Waals surface area contributed by atoms with E-state index in [0.29, 0.717) is 19.4 Å². The third-order valence-corrected chi connectivity index (χ3v) is 6.16. The van der Waals surface area contributed by atoms with Crippen molar-refractivity contribution < 1.29 is 33.4 Å². The van der Waals surface area contributed by atoms with E-state index in [1.807, 2.05) is 0 Å². The molecule has 1 aromatic carbocycles. The van der Waals surface area contributed by atoms with Crippen molar-refractivity contribution in [3.63, 3.8) is 0 Å². The van der Waals surface area contributed by atoms with Crippen molar-refractivity contribution in [2.45, 2.75) is 77.5 Å². The second-order valence-electron chi connectivity index (χ2n) is 10.0. The van der Waals surface area contributed by atoms with Gasteiger partial charge in [0.2, 0.25) is 5.91 Å². The number of esters is 2. The van der Waals surface area contributed by atoms with Crippen molar-refractivity contribution in [3.8, 4) is 0 Å². The molecule has 0 saturated carbocycles. The van der Waals surface area contributed by atoms with E-state index in [4.69, 9.17) is 9.47 Å². The quantitative estimate of drug-likeness (QED) is 0.311. The number of ketones is 1. The number of hydrogen-bond acceptors (Lipinski definition) is 8. The average Bonchev–Trinajstić information content (AvgIpc) is 3.34. The summed E-state index contributed by atoms with van der Waals surface area (Å²) in [6.07, 6.45) is 2.12. The summed E-state index contributed by atoms with van der Waals surface area (Å²) >= 11 is 0. The Labute approximate surface area is 211 Å². The van der Waals surface area contributed by atoms with Gasteiger partial charge < -0.3 is 14.8 Å². The summed E-state index contributed by atoms with van der Waals surface area (Å²) in [5, 5.41) is 5.56. The largest absolute Gasteiger partial charge is 0.466 e. The Balaban J connectivity index is 1.91.